The molecule has 0 saturated carbocycles. The van der Waals surface area contributed by atoms with Crippen LogP contribution < -0.4 is 21.7 Å². The summed E-state index contributed by atoms with van der Waals surface area (Å²) in [6.45, 7) is -1.61. The zero-order valence-corrected chi connectivity index (χ0v) is 14.6. The third-order valence-corrected chi connectivity index (χ3v) is 3.26. The number of nitrogens with one attached hydrogen (secondary N) is 3. The number of carbonyl (C=O) groups excluding carboxylic acids is 3. The van der Waals surface area contributed by atoms with E-state index < -0.39 is 73.3 Å². The highest BCUT2D eigenvalue weighted by atomic mass is 16.4. The molecule has 0 aromatic rings. The summed E-state index contributed by atoms with van der Waals surface area (Å²) in [5.74, 6) is -7.12. The standard InChI is InChI=1S/C14H22N4O10/c15-6(1-2-10(21)22)12(25)18-8(5-19)13(26)16-4-9(20)17-7(14(27)28)3-11(23)24/h6-8,19H,1-5,15H2,(H,16,26)(H,17,20)(H,18,25)(H,21,22)(H,23,24)(H,27,28)/t6-,7-,8-/m0/s1. The van der Waals surface area contributed by atoms with E-state index in [0.717, 1.165) is 0 Å². The van der Waals surface area contributed by atoms with Crippen LogP contribution in [-0.2, 0) is 28.8 Å². The van der Waals surface area contributed by atoms with Crippen molar-refractivity contribution in [1.82, 2.24) is 16.0 Å². The Morgan fingerprint density at radius 1 is 0.857 bits per heavy atom. The van der Waals surface area contributed by atoms with Crippen molar-refractivity contribution < 1.29 is 49.2 Å². The highest BCUT2D eigenvalue weighted by molar-refractivity contribution is 5.93. The van der Waals surface area contributed by atoms with E-state index in [1.165, 1.54) is 0 Å². The summed E-state index contributed by atoms with van der Waals surface area (Å²) in [4.78, 5) is 67.1. The zero-order valence-electron chi connectivity index (χ0n) is 14.6. The third kappa shape index (κ3) is 10.0. The Bertz CT molecular complexity index is 623. The summed E-state index contributed by atoms with van der Waals surface area (Å²) in [6, 6.07) is -4.44. The molecule has 0 spiro atoms. The maximum absolute atomic E-state index is 11.9. The Morgan fingerprint density at radius 3 is 1.93 bits per heavy atom. The van der Waals surface area contributed by atoms with E-state index in [1.807, 2.05) is 10.6 Å². The second-order valence-electron chi connectivity index (χ2n) is 5.56. The minimum Gasteiger partial charge on any atom is -0.481 e. The van der Waals surface area contributed by atoms with Gasteiger partial charge in [0.2, 0.25) is 17.7 Å². The van der Waals surface area contributed by atoms with Gasteiger partial charge in [0.15, 0.2) is 0 Å². The summed E-state index contributed by atoms with van der Waals surface area (Å²) < 4.78 is 0. The fraction of sp³-hybridized carbons (Fsp3) is 0.571. The Morgan fingerprint density at radius 2 is 1.46 bits per heavy atom. The predicted octanol–water partition coefficient (Wildman–Crippen LogP) is -4.18. The van der Waals surface area contributed by atoms with Crippen molar-refractivity contribution in [2.24, 2.45) is 5.73 Å². The van der Waals surface area contributed by atoms with Gasteiger partial charge < -0.3 is 42.1 Å². The number of carboxylic acid groups (broad SMARTS) is 3. The zero-order chi connectivity index (χ0) is 21.9. The van der Waals surface area contributed by atoms with E-state index in [4.69, 9.17) is 21.1 Å². The molecule has 0 aliphatic carbocycles. The summed E-state index contributed by atoms with van der Waals surface area (Å²) in [5, 5.41) is 41.1. The average molecular weight is 406 g/mol. The lowest BCUT2D eigenvalue weighted by atomic mass is 10.1. The van der Waals surface area contributed by atoms with Gasteiger partial charge in [-0.05, 0) is 6.42 Å². The average Bonchev–Trinajstić information content (AvgIpc) is 2.60. The van der Waals surface area contributed by atoms with Gasteiger partial charge in [-0.3, -0.25) is 24.0 Å². The molecule has 0 unspecified atom stereocenters. The Hall–Kier alpha value is -3.26. The molecule has 0 fully saturated rings. The number of amides is 3. The highest BCUT2D eigenvalue weighted by Crippen LogP contribution is 1.96. The Kier molecular flexibility index (Phi) is 10.8. The van der Waals surface area contributed by atoms with Crippen molar-refractivity contribution in [3.8, 4) is 0 Å². The molecule has 0 aliphatic rings. The number of carbonyl (C=O) groups is 6. The highest BCUT2D eigenvalue weighted by Gasteiger charge is 2.26. The van der Waals surface area contributed by atoms with Gasteiger partial charge in [-0.1, -0.05) is 0 Å². The van der Waals surface area contributed by atoms with Crippen molar-refractivity contribution in [2.45, 2.75) is 37.4 Å². The normalized spacial score (nSPS) is 13.5. The lowest BCUT2D eigenvalue weighted by molar-refractivity contribution is -0.147. The first kappa shape index (κ1) is 24.7. The molecule has 0 aromatic carbocycles. The first-order valence-electron chi connectivity index (χ1n) is 7.88. The quantitative estimate of drug-likeness (QED) is 0.146. The maximum atomic E-state index is 11.9. The summed E-state index contributed by atoms with van der Waals surface area (Å²) in [6.07, 6.45) is -1.46. The molecule has 0 bridgehead atoms. The van der Waals surface area contributed by atoms with Gasteiger partial charge in [-0.15, -0.1) is 0 Å². The van der Waals surface area contributed by atoms with Crippen LogP contribution in [0.1, 0.15) is 19.3 Å². The Labute approximate surface area is 158 Å². The van der Waals surface area contributed by atoms with Gasteiger partial charge in [-0.25, -0.2) is 4.79 Å². The Balaban J connectivity index is 4.58. The molecular weight excluding hydrogens is 384 g/mol. The maximum Gasteiger partial charge on any atom is 0.326 e. The molecular formula is C14H22N4O10. The smallest absolute Gasteiger partial charge is 0.326 e. The number of carboxylic acids is 3. The van der Waals surface area contributed by atoms with Crippen LogP contribution in [0.15, 0.2) is 0 Å². The first-order valence-corrected chi connectivity index (χ1v) is 7.88. The van der Waals surface area contributed by atoms with Crippen molar-refractivity contribution in [3.05, 3.63) is 0 Å². The lowest BCUT2D eigenvalue weighted by Gasteiger charge is -2.19. The number of hydrogen-bond donors (Lipinski definition) is 8. The fourth-order valence-electron chi connectivity index (χ4n) is 1.79. The number of rotatable bonds is 13. The minimum absolute atomic E-state index is 0.205. The van der Waals surface area contributed by atoms with Crippen molar-refractivity contribution in [3.63, 3.8) is 0 Å². The van der Waals surface area contributed by atoms with Crippen LogP contribution >= 0.6 is 0 Å². The molecule has 158 valence electrons. The summed E-state index contributed by atoms with van der Waals surface area (Å²) in [5.41, 5.74) is 5.46. The first-order chi connectivity index (χ1) is 13.0. The second-order valence-corrected chi connectivity index (χ2v) is 5.56. The number of aliphatic carboxylic acids is 3. The molecule has 0 heterocycles. The van der Waals surface area contributed by atoms with Gasteiger partial charge in [0.05, 0.1) is 25.6 Å². The molecule has 3 amide bonds. The van der Waals surface area contributed by atoms with Crippen LogP contribution in [0.3, 0.4) is 0 Å². The topological polar surface area (TPSA) is 245 Å². The van der Waals surface area contributed by atoms with E-state index in [1.54, 1.807) is 0 Å². The number of aliphatic hydroxyl groups is 1. The van der Waals surface area contributed by atoms with Gasteiger partial charge in [-0.2, -0.15) is 0 Å². The molecule has 14 heteroatoms. The minimum atomic E-state index is -1.71. The summed E-state index contributed by atoms with van der Waals surface area (Å²) in [7, 11) is 0. The van der Waals surface area contributed by atoms with Crippen molar-refractivity contribution in [1.29, 1.82) is 0 Å². The summed E-state index contributed by atoms with van der Waals surface area (Å²) >= 11 is 0. The van der Waals surface area contributed by atoms with Gasteiger partial charge >= 0.3 is 17.9 Å². The second kappa shape index (κ2) is 12.2. The van der Waals surface area contributed by atoms with Crippen LogP contribution in [0.5, 0.6) is 0 Å². The number of nitrogens with two attached hydrogens (primary N) is 1. The SMILES string of the molecule is N[C@@H](CCC(=O)O)C(=O)N[C@@H](CO)C(=O)NCC(=O)N[C@@H](CC(=O)O)C(=O)O. The van der Waals surface area contributed by atoms with E-state index in [-0.39, 0.29) is 12.8 Å². The number of hydrogen-bond acceptors (Lipinski definition) is 8. The van der Waals surface area contributed by atoms with Gasteiger partial charge in [0.25, 0.3) is 0 Å². The molecule has 28 heavy (non-hydrogen) atoms. The van der Waals surface area contributed by atoms with Crippen LogP contribution in [0.25, 0.3) is 0 Å². The molecule has 9 N–H and O–H groups in total. The molecule has 0 aliphatic heterocycles. The fourth-order valence-corrected chi connectivity index (χ4v) is 1.79. The van der Waals surface area contributed by atoms with Gasteiger partial charge in [0, 0.05) is 6.42 Å². The third-order valence-electron chi connectivity index (χ3n) is 3.26. The van der Waals surface area contributed by atoms with Crippen molar-refractivity contribution in [2.75, 3.05) is 13.2 Å². The molecule has 3 atom stereocenters. The van der Waals surface area contributed by atoms with E-state index in [0.29, 0.717) is 0 Å². The van der Waals surface area contributed by atoms with E-state index in [2.05, 4.69) is 5.32 Å². The monoisotopic (exact) mass is 406 g/mol. The number of aliphatic hydroxyl groups excluding tert-OH is 1. The van der Waals surface area contributed by atoms with Crippen LogP contribution in [0.2, 0.25) is 0 Å². The predicted molar refractivity (Wildman–Crippen MR) is 88.7 cm³/mol. The molecule has 0 rings (SSSR count). The lowest BCUT2D eigenvalue weighted by Crippen LogP contribution is -2.55. The molecule has 0 aromatic heterocycles. The van der Waals surface area contributed by atoms with Crippen LogP contribution in [-0.4, -0.2) is 87.3 Å². The van der Waals surface area contributed by atoms with E-state index in [9.17, 15) is 33.9 Å². The van der Waals surface area contributed by atoms with Crippen LogP contribution in [0, 0.1) is 0 Å². The molecule has 0 saturated heterocycles. The van der Waals surface area contributed by atoms with Crippen LogP contribution in [0.4, 0.5) is 0 Å². The van der Waals surface area contributed by atoms with Crippen molar-refractivity contribution >= 4 is 35.6 Å². The van der Waals surface area contributed by atoms with E-state index >= 15 is 0 Å². The molecule has 0 radical (unpaired) electrons. The largest absolute Gasteiger partial charge is 0.481 e. The van der Waals surface area contributed by atoms with Gasteiger partial charge in [0.1, 0.15) is 12.1 Å². The molecule has 14 nitrogen and oxygen atoms in total.